The first kappa shape index (κ1) is 17.1. The SMILES string of the molecule is O=C(Nc1cccc(N2CCOCC2)c1)c1cc2cccc(O)c2oc1=O. The molecule has 2 aromatic carbocycles. The van der Waals surface area contributed by atoms with Crippen molar-refractivity contribution in [3.05, 3.63) is 64.5 Å². The number of aromatic hydroxyl groups is 1. The van der Waals surface area contributed by atoms with Crippen LogP contribution >= 0.6 is 0 Å². The van der Waals surface area contributed by atoms with Crippen LogP contribution < -0.4 is 15.8 Å². The monoisotopic (exact) mass is 366 g/mol. The Morgan fingerprint density at radius 2 is 1.85 bits per heavy atom. The molecule has 3 aromatic rings. The topological polar surface area (TPSA) is 92.0 Å². The van der Waals surface area contributed by atoms with Crippen molar-refractivity contribution in [1.29, 1.82) is 0 Å². The van der Waals surface area contributed by atoms with Crippen molar-refractivity contribution in [3.63, 3.8) is 0 Å². The third-order valence-corrected chi connectivity index (χ3v) is 4.46. The maximum absolute atomic E-state index is 12.6. The molecule has 0 unspecified atom stereocenters. The molecule has 0 atom stereocenters. The Balaban J connectivity index is 1.60. The summed E-state index contributed by atoms with van der Waals surface area (Å²) in [4.78, 5) is 26.9. The van der Waals surface area contributed by atoms with E-state index in [4.69, 9.17) is 9.15 Å². The number of fused-ring (bicyclic) bond motifs is 1. The summed E-state index contributed by atoms with van der Waals surface area (Å²) in [6, 6.07) is 13.5. The minimum absolute atomic E-state index is 0.0633. The van der Waals surface area contributed by atoms with Crippen LogP contribution in [0.4, 0.5) is 11.4 Å². The Labute approximate surface area is 154 Å². The van der Waals surface area contributed by atoms with Gasteiger partial charge in [-0.15, -0.1) is 0 Å². The summed E-state index contributed by atoms with van der Waals surface area (Å²) in [5.74, 6) is -0.706. The van der Waals surface area contributed by atoms with Gasteiger partial charge < -0.3 is 24.5 Å². The largest absolute Gasteiger partial charge is 0.504 e. The van der Waals surface area contributed by atoms with Gasteiger partial charge >= 0.3 is 5.63 Å². The Kier molecular flexibility index (Phi) is 4.52. The van der Waals surface area contributed by atoms with Gasteiger partial charge in [0.1, 0.15) is 5.56 Å². The van der Waals surface area contributed by atoms with Gasteiger partial charge in [-0.25, -0.2) is 4.79 Å². The summed E-state index contributed by atoms with van der Waals surface area (Å²) < 4.78 is 10.5. The summed E-state index contributed by atoms with van der Waals surface area (Å²) >= 11 is 0. The highest BCUT2D eigenvalue weighted by Gasteiger charge is 2.16. The maximum Gasteiger partial charge on any atom is 0.349 e. The van der Waals surface area contributed by atoms with E-state index in [0.29, 0.717) is 24.3 Å². The lowest BCUT2D eigenvalue weighted by Gasteiger charge is -2.29. The minimum Gasteiger partial charge on any atom is -0.504 e. The summed E-state index contributed by atoms with van der Waals surface area (Å²) in [6.45, 7) is 2.91. The Hall–Kier alpha value is -3.32. The van der Waals surface area contributed by atoms with E-state index in [0.717, 1.165) is 18.8 Å². The molecule has 1 aliphatic rings. The molecule has 0 radical (unpaired) electrons. The van der Waals surface area contributed by atoms with Gasteiger partial charge in [0.2, 0.25) is 0 Å². The molecule has 1 amide bonds. The van der Waals surface area contributed by atoms with Crippen LogP contribution in [0.5, 0.6) is 5.75 Å². The first-order valence-corrected chi connectivity index (χ1v) is 8.62. The van der Waals surface area contributed by atoms with Gasteiger partial charge in [0.25, 0.3) is 5.91 Å². The van der Waals surface area contributed by atoms with Crippen molar-refractivity contribution in [2.24, 2.45) is 0 Å². The zero-order valence-electron chi connectivity index (χ0n) is 14.5. The van der Waals surface area contributed by atoms with E-state index in [1.807, 2.05) is 18.2 Å². The molecule has 2 heterocycles. The second-order valence-corrected chi connectivity index (χ2v) is 6.25. The summed E-state index contributed by atoms with van der Waals surface area (Å²) in [6.07, 6.45) is 0. The fourth-order valence-corrected chi connectivity index (χ4v) is 3.09. The molecule has 7 heteroatoms. The predicted molar refractivity (Wildman–Crippen MR) is 102 cm³/mol. The molecule has 4 rings (SSSR count). The number of carbonyl (C=O) groups is 1. The molecule has 27 heavy (non-hydrogen) atoms. The molecule has 1 fully saturated rings. The highest BCUT2D eigenvalue weighted by atomic mass is 16.5. The molecule has 0 bridgehead atoms. The smallest absolute Gasteiger partial charge is 0.349 e. The number of phenols is 1. The normalized spacial score (nSPS) is 14.3. The van der Waals surface area contributed by atoms with E-state index in [1.54, 1.807) is 18.2 Å². The van der Waals surface area contributed by atoms with Gasteiger partial charge in [0.05, 0.1) is 13.2 Å². The van der Waals surface area contributed by atoms with Crippen LogP contribution in [0.2, 0.25) is 0 Å². The van der Waals surface area contributed by atoms with Gasteiger partial charge in [-0.1, -0.05) is 18.2 Å². The van der Waals surface area contributed by atoms with Crippen LogP contribution in [-0.2, 0) is 4.74 Å². The third kappa shape index (κ3) is 3.50. The maximum atomic E-state index is 12.6. The van der Waals surface area contributed by atoms with Crippen molar-refractivity contribution in [2.45, 2.75) is 0 Å². The highest BCUT2D eigenvalue weighted by molar-refractivity contribution is 6.05. The number of rotatable bonds is 3. The molecule has 138 valence electrons. The fraction of sp³-hybridized carbons (Fsp3) is 0.200. The Bertz CT molecular complexity index is 1050. The molecule has 0 spiro atoms. The standard InChI is InChI=1S/C20H18N2O5/c23-17-6-1-3-13-11-16(20(25)27-18(13)17)19(24)21-14-4-2-5-15(12-14)22-7-9-26-10-8-22/h1-6,11-12,23H,7-10H2,(H,21,24). The van der Waals surface area contributed by atoms with Gasteiger partial charge in [-0.05, 0) is 30.3 Å². The number of nitrogens with zero attached hydrogens (tertiary/aromatic N) is 1. The van der Waals surface area contributed by atoms with Crippen molar-refractivity contribution in [1.82, 2.24) is 0 Å². The second-order valence-electron chi connectivity index (χ2n) is 6.25. The highest BCUT2D eigenvalue weighted by Crippen LogP contribution is 2.24. The molecule has 1 aromatic heterocycles. The Morgan fingerprint density at radius 3 is 2.67 bits per heavy atom. The van der Waals surface area contributed by atoms with Gasteiger partial charge in [-0.2, -0.15) is 0 Å². The van der Waals surface area contributed by atoms with E-state index < -0.39 is 11.5 Å². The number of carbonyl (C=O) groups excluding carboxylic acids is 1. The average molecular weight is 366 g/mol. The van der Waals surface area contributed by atoms with E-state index in [-0.39, 0.29) is 16.9 Å². The molecule has 0 saturated carbocycles. The number of phenolic OH excluding ortho intramolecular Hbond substituents is 1. The van der Waals surface area contributed by atoms with Gasteiger partial charge in [0, 0.05) is 29.9 Å². The molecule has 1 saturated heterocycles. The molecule has 7 nitrogen and oxygen atoms in total. The number of nitrogens with one attached hydrogen (secondary N) is 1. The molecule has 2 N–H and O–H groups in total. The lowest BCUT2D eigenvalue weighted by Crippen LogP contribution is -2.36. The van der Waals surface area contributed by atoms with E-state index in [1.165, 1.54) is 12.1 Å². The first-order valence-electron chi connectivity index (χ1n) is 8.62. The number of morpholine rings is 1. The zero-order chi connectivity index (χ0) is 18.8. The van der Waals surface area contributed by atoms with Gasteiger partial charge in [0.15, 0.2) is 11.3 Å². The quantitative estimate of drug-likeness (QED) is 0.692. The van der Waals surface area contributed by atoms with Crippen molar-refractivity contribution < 1.29 is 19.1 Å². The number of hydrogen-bond donors (Lipinski definition) is 2. The summed E-state index contributed by atoms with van der Waals surface area (Å²) in [7, 11) is 0. The first-order chi connectivity index (χ1) is 13.1. The predicted octanol–water partition coefficient (Wildman–Crippen LogP) is 2.59. The lowest BCUT2D eigenvalue weighted by molar-refractivity contribution is 0.102. The van der Waals surface area contributed by atoms with Gasteiger partial charge in [-0.3, -0.25) is 4.79 Å². The van der Waals surface area contributed by atoms with Crippen LogP contribution in [0, 0.1) is 0 Å². The van der Waals surface area contributed by atoms with E-state index in [9.17, 15) is 14.7 Å². The van der Waals surface area contributed by atoms with Crippen molar-refractivity contribution in [2.75, 3.05) is 36.5 Å². The number of benzene rings is 2. The summed E-state index contributed by atoms with van der Waals surface area (Å²) in [5, 5.41) is 13.0. The molecule has 0 aliphatic carbocycles. The average Bonchev–Trinajstić information content (AvgIpc) is 2.69. The molecular formula is C20H18N2O5. The number of hydrogen-bond acceptors (Lipinski definition) is 6. The third-order valence-electron chi connectivity index (χ3n) is 4.46. The number of ether oxygens (including phenoxy) is 1. The number of amides is 1. The van der Waals surface area contributed by atoms with E-state index in [2.05, 4.69) is 10.2 Å². The fourth-order valence-electron chi connectivity index (χ4n) is 3.09. The van der Waals surface area contributed by atoms with Crippen LogP contribution in [0.25, 0.3) is 11.0 Å². The number of para-hydroxylation sites is 1. The van der Waals surface area contributed by atoms with E-state index >= 15 is 0 Å². The van der Waals surface area contributed by atoms with Crippen LogP contribution in [-0.4, -0.2) is 37.3 Å². The second kappa shape index (κ2) is 7.13. The van der Waals surface area contributed by atoms with Crippen LogP contribution in [0.1, 0.15) is 10.4 Å². The lowest BCUT2D eigenvalue weighted by atomic mass is 10.1. The molecule has 1 aliphatic heterocycles. The van der Waals surface area contributed by atoms with Crippen molar-refractivity contribution in [3.8, 4) is 5.75 Å². The van der Waals surface area contributed by atoms with Crippen molar-refractivity contribution >= 4 is 28.3 Å². The molecular weight excluding hydrogens is 348 g/mol. The van der Waals surface area contributed by atoms with Crippen LogP contribution in [0.15, 0.2) is 57.7 Å². The van der Waals surface area contributed by atoms with Crippen LogP contribution in [0.3, 0.4) is 0 Å². The zero-order valence-corrected chi connectivity index (χ0v) is 14.5. The minimum atomic E-state index is -0.800. The summed E-state index contributed by atoms with van der Waals surface area (Å²) in [5.41, 5.74) is 0.704. The number of anilines is 2. The Morgan fingerprint density at radius 1 is 1.07 bits per heavy atom.